The number of carbonyl (C=O) groups excluding carboxylic acids is 1. The van der Waals surface area contributed by atoms with Crippen LogP contribution in [0.3, 0.4) is 0 Å². The van der Waals surface area contributed by atoms with Crippen LogP contribution >= 0.6 is 0 Å². The highest BCUT2D eigenvalue weighted by molar-refractivity contribution is 5.68. The van der Waals surface area contributed by atoms with Crippen LogP contribution < -0.4 is 4.74 Å². The minimum absolute atomic E-state index is 0.172. The molecule has 0 aliphatic carbocycles. The van der Waals surface area contributed by atoms with Gasteiger partial charge in [-0.05, 0) is 51.7 Å². The number of ether oxygens (including phenoxy) is 2. The molecule has 2 aromatic rings. The number of aromatic nitrogens is 1. The van der Waals surface area contributed by atoms with E-state index in [4.69, 9.17) is 9.47 Å². The minimum Gasteiger partial charge on any atom is -0.477 e. The lowest BCUT2D eigenvalue weighted by atomic mass is 9.81. The first-order valence-corrected chi connectivity index (χ1v) is 9.91. The number of hydrogen-bond acceptors (Lipinski definition) is 4. The van der Waals surface area contributed by atoms with Crippen molar-refractivity contribution in [2.75, 3.05) is 19.7 Å². The molecule has 2 unspecified atom stereocenters. The fraction of sp³-hybridized carbons (Fsp3) is 0.478. The van der Waals surface area contributed by atoms with E-state index in [1.807, 2.05) is 56.9 Å². The molecule has 2 atom stereocenters. The second-order valence-corrected chi connectivity index (χ2v) is 8.42. The fourth-order valence-corrected chi connectivity index (χ4v) is 3.62. The molecule has 1 aromatic carbocycles. The Morgan fingerprint density at radius 3 is 2.57 bits per heavy atom. The summed E-state index contributed by atoms with van der Waals surface area (Å²) >= 11 is 0. The summed E-state index contributed by atoms with van der Waals surface area (Å²) in [6, 6.07) is 16.2. The average molecular weight is 383 g/mol. The topological polar surface area (TPSA) is 51.7 Å². The van der Waals surface area contributed by atoms with E-state index in [-0.39, 0.29) is 12.0 Å². The van der Waals surface area contributed by atoms with Gasteiger partial charge in [0, 0.05) is 30.8 Å². The van der Waals surface area contributed by atoms with Crippen LogP contribution in [0.15, 0.2) is 48.5 Å². The Labute approximate surface area is 167 Å². The molecule has 1 amide bonds. The number of piperidine rings is 1. The van der Waals surface area contributed by atoms with E-state index in [1.54, 1.807) is 0 Å². The molecule has 0 spiro atoms. The highest BCUT2D eigenvalue weighted by Crippen LogP contribution is 2.34. The van der Waals surface area contributed by atoms with Gasteiger partial charge in [0.2, 0.25) is 5.88 Å². The SMILES string of the molecule is Cc1cccc(OCC2CN(C(=O)OC(C)(C)C)CCC2c2ccccc2)n1. The molecule has 28 heavy (non-hydrogen) atoms. The number of carbonyl (C=O) groups is 1. The number of nitrogens with zero attached hydrogens (tertiary/aromatic N) is 2. The zero-order valence-corrected chi connectivity index (χ0v) is 17.2. The Morgan fingerprint density at radius 2 is 1.89 bits per heavy atom. The van der Waals surface area contributed by atoms with Crippen molar-refractivity contribution in [3.63, 3.8) is 0 Å². The standard InChI is InChI=1S/C23H30N2O3/c1-17-9-8-12-21(24-17)27-16-19-15-25(22(26)28-23(2,3)4)14-13-20(19)18-10-6-5-7-11-18/h5-12,19-20H,13-16H2,1-4H3. The smallest absolute Gasteiger partial charge is 0.410 e. The Hall–Kier alpha value is -2.56. The van der Waals surface area contributed by atoms with Crippen LogP contribution in [-0.2, 0) is 4.74 Å². The van der Waals surface area contributed by atoms with Gasteiger partial charge in [-0.1, -0.05) is 36.4 Å². The molecule has 2 heterocycles. The van der Waals surface area contributed by atoms with Gasteiger partial charge in [-0.3, -0.25) is 0 Å². The lowest BCUT2D eigenvalue weighted by Crippen LogP contribution is -2.46. The van der Waals surface area contributed by atoms with E-state index in [0.29, 0.717) is 31.5 Å². The summed E-state index contributed by atoms with van der Waals surface area (Å²) in [6.07, 6.45) is 0.635. The van der Waals surface area contributed by atoms with Crippen molar-refractivity contribution in [1.29, 1.82) is 0 Å². The van der Waals surface area contributed by atoms with Crippen molar-refractivity contribution in [2.24, 2.45) is 5.92 Å². The number of benzene rings is 1. The Balaban J connectivity index is 1.73. The third-order valence-electron chi connectivity index (χ3n) is 4.92. The summed E-state index contributed by atoms with van der Waals surface area (Å²) in [5, 5.41) is 0. The zero-order valence-electron chi connectivity index (χ0n) is 17.2. The van der Waals surface area contributed by atoms with E-state index < -0.39 is 5.60 Å². The van der Waals surface area contributed by atoms with Crippen LogP contribution in [0.25, 0.3) is 0 Å². The van der Waals surface area contributed by atoms with Gasteiger partial charge in [-0.25, -0.2) is 9.78 Å². The molecule has 1 aliphatic heterocycles. The van der Waals surface area contributed by atoms with Gasteiger partial charge in [0.25, 0.3) is 0 Å². The first-order valence-electron chi connectivity index (χ1n) is 9.91. The fourth-order valence-electron chi connectivity index (χ4n) is 3.62. The molecular formula is C23H30N2O3. The molecule has 5 nitrogen and oxygen atoms in total. The van der Waals surface area contributed by atoms with Crippen molar-refractivity contribution >= 4 is 6.09 Å². The van der Waals surface area contributed by atoms with E-state index in [9.17, 15) is 4.79 Å². The van der Waals surface area contributed by atoms with Crippen LogP contribution in [0.4, 0.5) is 4.79 Å². The Morgan fingerprint density at radius 1 is 1.14 bits per heavy atom. The summed E-state index contributed by atoms with van der Waals surface area (Å²) in [7, 11) is 0. The van der Waals surface area contributed by atoms with Crippen molar-refractivity contribution in [1.82, 2.24) is 9.88 Å². The number of likely N-dealkylation sites (tertiary alicyclic amines) is 1. The van der Waals surface area contributed by atoms with Crippen molar-refractivity contribution in [3.8, 4) is 5.88 Å². The van der Waals surface area contributed by atoms with Gasteiger partial charge >= 0.3 is 6.09 Å². The summed E-state index contributed by atoms with van der Waals surface area (Å²) in [5.74, 6) is 1.14. The lowest BCUT2D eigenvalue weighted by molar-refractivity contribution is 0.0110. The molecule has 5 heteroatoms. The highest BCUT2D eigenvalue weighted by atomic mass is 16.6. The number of aryl methyl sites for hydroxylation is 1. The van der Waals surface area contributed by atoms with Crippen LogP contribution in [-0.4, -0.2) is 41.3 Å². The second-order valence-electron chi connectivity index (χ2n) is 8.42. The molecule has 1 aromatic heterocycles. The molecule has 1 fully saturated rings. The van der Waals surface area contributed by atoms with Crippen molar-refractivity contribution in [2.45, 2.75) is 45.6 Å². The highest BCUT2D eigenvalue weighted by Gasteiger charge is 2.34. The first kappa shape index (κ1) is 20.2. The first-order chi connectivity index (χ1) is 13.3. The minimum atomic E-state index is -0.495. The Bertz CT molecular complexity index is 786. The molecular weight excluding hydrogens is 352 g/mol. The van der Waals surface area contributed by atoms with Gasteiger partial charge < -0.3 is 14.4 Å². The average Bonchev–Trinajstić information content (AvgIpc) is 2.65. The van der Waals surface area contributed by atoms with E-state index >= 15 is 0 Å². The molecule has 0 bridgehead atoms. The lowest BCUT2D eigenvalue weighted by Gasteiger charge is -2.39. The maximum absolute atomic E-state index is 12.6. The molecule has 1 saturated heterocycles. The maximum atomic E-state index is 12.6. The molecule has 150 valence electrons. The summed E-state index contributed by atoms with van der Waals surface area (Å²) in [4.78, 5) is 18.8. The maximum Gasteiger partial charge on any atom is 0.410 e. The molecule has 0 N–H and O–H groups in total. The Kier molecular flexibility index (Phi) is 6.22. The summed E-state index contributed by atoms with van der Waals surface area (Å²) < 4.78 is 11.6. The summed E-state index contributed by atoms with van der Waals surface area (Å²) in [5.41, 5.74) is 1.72. The predicted molar refractivity (Wildman–Crippen MR) is 110 cm³/mol. The zero-order chi connectivity index (χ0) is 20.1. The third kappa shape index (κ3) is 5.47. The van der Waals surface area contributed by atoms with Crippen LogP contribution in [0.2, 0.25) is 0 Å². The van der Waals surface area contributed by atoms with Crippen molar-refractivity contribution in [3.05, 3.63) is 59.8 Å². The van der Waals surface area contributed by atoms with Gasteiger partial charge in [0.05, 0.1) is 6.61 Å². The molecule has 0 saturated carbocycles. The van der Waals surface area contributed by atoms with Crippen LogP contribution in [0.1, 0.15) is 44.4 Å². The number of hydrogen-bond donors (Lipinski definition) is 0. The van der Waals surface area contributed by atoms with Gasteiger partial charge in [0.1, 0.15) is 5.60 Å². The summed E-state index contributed by atoms with van der Waals surface area (Å²) in [6.45, 7) is 9.44. The van der Waals surface area contributed by atoms with Crippen LogP contribution in [0, 0.1) is 12.8 Å². The number of amides is 1. The van der Waals surface area contributed by atoms with Crippen molar-refractivity contribution < 1.29 is 14.3 Å². The number of rotatable bonds is 4. The van der Waals surface area contributed by atoms with Gasteiger partial charge in [-0.2, -0.15) is 0 Å². The molecule has 0 radical (unpaired) electrons. The molecule has 1 aliphatic rings. The third-order valence-corrected chi connectivity index (χ3v) is 4.92. The quantitative estimate of drug-likeness (QED) is 0.761. The van der Waals surface area contributed by atoms with E-state index in [0.717, 1.165) is 12.1 Å². The van der Waals surface area contributed by atoms with E-state index in [2.05, 4.69) is 29.2 Å². The number of pyridine rings is 1. The predicted octanol–water partition coefficient (Wildman–Crippen LogP) is 4.81. The normalized spacial score (nSPS) is 19.9. The monoisotopic (exact) mass is 382 g/mol. The molecule has 3 rings (SSSR count). The second kappa shape index (κ2) is 8.63. The largest absolute Gasteiger partial charge is 0.477 e. The van der Waals surface area contributed by atoms with Gasteiger partial charge in [0.15, 0.2) is 0 Å². The van der Waals surface area contributed by atoms with Gasteiger partial charge in [-0.15, -0.1) is 0 Å². The van der Waals surface area contributed by atoms with E-state index in [1.165, 1.54) is 5.56 Å². The van der Waals surface area contributed by atoms with Crippen LogP contribution in [0.5, 0.6) is 5.88 Å².